The number of nitrogen functional groups attached to an aromatic ring is 1. The predicted molar refractivity (Wildman–Crippen MR) is 306 cm³/mol. The third-order valence-electron chi connectivity index (χ3n) is 14.8. The predicted octanol–water partition coefficient (Wildman–Crippen LogP) is 8.45. The summed E-state index contributed by atoms with van der Waals surface area (Å²) >= 11 is 3.44. The van der Waals surface area contributed by atoms with Crippen LogP contribution in [0.3, 0.4) is 0 Å². The zero-order valence-corrected chi connectivity index (χ0v) is 47.5. The first kappa shape index (κ1) is 55.7. The minimum atomic E-state index is -0.776. The number of morpholine rings is 1. The number of carbonyl (C=O) groups excluding carboxylic acids is 3. The highest BCUT2D eigenvalue weighted by molar-refractivity contribution is 9.10. The van der Waals surface area contributed by atoms with Gasteiger partial charge in [-0.25, -0.2) is 43.1 Å². The standard InChI is InChI=1S/C22H23FN6O2.C18H15BrFN5O.C18H17FN6O/c1-22(2)17-19(26-21(22)30)24-18(25-20(17)28-9-11-31-12-10-28)16-7-8-29(27-16)13-14-5-3-4-6-15(14)23;1-18(2)13-14(19)21-15(22-16(13)23-17(18)26)12-7-8-25(24-12)9-10-5-3-4-6-11(10)20;1-18(2)13-14(20)21-15(22-16(13)23-17(18)26)12-7-8-25(24-12)9-10-5-3-4-6-11(10)19/h3-8H,9-13H2,1-2H3,(H,24,25,26,30);3-8H,9H2,1-2H3,(H,21,22,23,26);3-8H,9H2,1-2H3,(H3,20,21,22,23,26). The number of hydrogen-bond donors (Lipinski definition) is 4. The second kappa shape index (κ2) is 21.9. The van der Waals surface area contributed by atoms with Crippen molar-refractivity contribution in [3.05, 3.63) is 165 Å². The Morgan fingerprint density at radius 3 is 1.30 bits per heavy atom. The van der Waals surface area contributed by atoms with Gasteiger partial charge in [0.25, 0.3) is 0 Å². The van der Waals surface area contributed by atoms with E-state index >= 15 is 0 Å². The summed E-state index contributed by atoms with van der Waals surface area (Å²) in [6, 6.07) is 25.0. The summed E-state index contributed by atoms with van der Waals surface area (Å²) in [6.45, 7) is 14.4. The van der Waals surface area contributed by atoms with E-state index in [1.807, 2.05) is 27.7 Å². The molecule has 6 aromatic heterocycles. The van der Waals surface area contributed by atoms with Gasteiger partial charge in [0.15, 0.2) is 17.5 Å². The number of nitrogens with one attached hydrogen (secondary N) is 3. The Balaban J connectivity index is 0.000000131. The van der Waals surface area contributed by atoms with Crippen LogP contribution in [-0.4, -0.2) is 103 Å². The highest BCUT2D eigenvalue weighted by Crippen LogP contribution is 2.44. The smallest absolute Gasteiger partial charge is 0.235 e. The third kappa shape index (κ3) is 10.9. The van der Waals surface area contributed by atoms with E-state index in [4.69, 9.17) is 15.5 Å². The SMILES string of the molecule is CC1(C)C(=O)Nc2nc(-c3ccn(Cc4ccccc4F)n3)nc(Br)c21.CC1(C)C(=O)Nc2nc(-c3ccn(Cc4ccccc4F)n3)nc(N)c21.CC1(C)C(=O)Nc2nc(-c3ccn(Cc4ccccc4F)n3)nc(N3CCOCC3)c21. The number of fused-ring (bicyclic) bond motifs is 3. The molecule has 21 nitrogen and oxygen atoms in total. The van der Waals surface area contributed by atoms with E-state index in [9.17, 15) is 27.6 Å². The van der Waals surface area contributed by atoms with Crippen molar-refractivity contribution in [3.8, 4) is 34.6 Å². The first-order chi connectivity index (χ1) is 39.6. The maximum absolute atomic E-state index is 14.0. The molecular weight excluding hydrogens is 1140 g/mol. The van der Waals surface area contributed by atoms with Crippen LogP contribution >= 0.6 is 15.9 Å². The summed E-state index contributed by atoms with van der Waals surface area (Å²) in [5, 5.41) is 21.8. The maximum Gasteiger partial charge on any atom is 0.235 e. The zero-order chi connectivity index (χ0) is 58.5. The van der Waals surface area contributed by atoms with Gasteiger partial charge < -0.3 is 31.3 Å². The second-order valence-corrected chi connectivity index (χ2v) is 22.4. The Morgan fingerprint density at radius 2 is 0.867 bits per heavy atom. The molecule has 1 saturated heterocycles. The van der Waals surface area contributed by atoms with Crippen LogP contribution in [-0.2, 0) is 55.0 Å². The van der Waals surface area contributed by atoms with E-state index < -0.39 is 16.2 Å². The van der Waals surface area contributed by atoms with Crippen LogP contribution in [0.1, 0.15) is 74.9 Å². The van der Waals surface area contributed by atoms with Gasteiger partial charge in [-0.05, 0) is 93.9 Å². The summed E-state index contributed by atoms with van der Waals surface area (Å²) in [6.07, 6.45) is 5.24. The number of nitrogens with zero attached hydrogens (tertiary/aromatic N) is 13. The molecule has 3 amide bonds. The molecule has 25 heteroatoms. The largest absolute Gasteiger partial charge is 0.383 e. The van der Waals surface area contributed by atoms with Gasteiger partial charge in [0.2, 0.25) is 17.7 Å². The number of anilines is 5. The molecule has 424 valence electrons. The zero-order valence-electron chi connectivity index (χ0n) is 45.9. The molecule has 0 aliphatic carbocycles. The molecule has 1 fully saturated rings. The van der Waals surface area contributed by atoms with Crippen molar-refractivity contribution in [2.24, 2.45) is 0 Å². The summed E-state index contributed by atoms with van der Waals surface area (Å²) < 4.78 is 52.5. The molecule has 5 N–H and O–H groups in total. The third-order valence-corrected chi connectivity index (χ3v) is 15.3. The normalized spacial score (nSPS) is 15.9. The number of aromatic nitrogens is 12. The van der Waals surface area contributed by atoms with E-state index in [1.165, 1.54) is 18.2 Å². The van der Waals surface area contributed by atoms with E-state index in [0.29, 0.717) is 118 Å². The van der Waals surface area contributed by atoms with Crippen LogP contribution in [0.5, 0.6) is 0 Å². The lowest BCUT2D eigenvalue weighted by atomic mass is 9.87. The number of rotatable bonds is 10. The molecule has 9 aromatic rings. The van der Waals surface area contributed by atoms with Crippen molar-refractivity contribution in [1.29, 1.82) is 0 Å². The van der Waals surface area contributed by atoms with Gasteiger partial charge in [0.05, 0.1) is 60.2 Å². The Hall–Kier alpha value is -9.23. The Morgan fingerprint density at radius 1 is 0.506 bits per heavy atom. The lowest BCUT2D eigenvalue weighted by molar-refractivity contribution is -0.120. The Labute approximate surface area is 482 Å². The number of carbonyl (C=O) groups is 3. The summed E-state index contributed by atoms with van der Waals surface area (Å²) in [5.74, 6) is 2.29. The minimum Gasteiger partial charge on any atom is -0.383 e. The topological polar surface area (TPSA) is 257 Å². The van der Waals surface area contributed by atoms with Gasteiger partial charge in [-0.1, -0.05) is 54.6 Å². The molecule has 83 heavy (non-hydrogen) atoms. The maximum atomic E-state index is 14.0. The van der Waals surface area contributed by atoms with Crippen LogP contribution in [0, 0.1) is 17.5 Å². The van der Waals surface area contributed by atoms with E-state index in [1.54, 1.807) is 119 Å². The quantitative estimate of drug-likeness (QED) is 0.0937. The van der Waals surface area contributed by atoms with E-state index in [2.05, 4.69) is 77.0 Å². The molecule has 0 saturated carbocycles. The fraction of sp³-hybridized carbons (Fsp3) is 0.276. The number of halogens is 4. The molecule has 3 aromatic carbocycles. The molecule has 10 heterocycles. The van der Waals surface area contributed by atoms with Crippen molar-refractivity contribution < 1.29 is 32.3 Å². The number of hydrogen-bond acceptors (Lipinski definition) is 15. The molecule has 0 unspecified atom stereocenters. The molecule has 4 aliphatic heterocycles. The Bertz CT molecular complexity index is 3860. The fourth-order valence-corrected chi connectivity index (χ4v) is 10.8. The summed E-state index contributed by atoms with van der Waals surface area (Å²) in [7, 11) is 0. The number of nitrogens with two attached hydrogens (primary N) is 1. The van der Waals surface area contributed by atoms with Crippen molar-refractivity contribution in [3.63, 3.8) is 0 Å². The number of amides is 3. The second-order valence-electron chi connectivity index (χ2n) is 21.6. The van der Waals surface area contributed by atoms with Gasteiger partial charge >= 0.3 is 0 Å². The van der Waals surface area contributed by atoms with Crippen molar-refractivity contribution in [1.82, 2.24) is 59.2 Å². The van der Waals surface area contributed by atoms with Crippen molar-refractivity contribution >= 4 is 62.7 Å². The monoisotopic (exact) mass is 1190 g/mol. The lowest BCUT2D eigenvalue weighted by Crippen LogP contribution is -2.39. The van der Waals surface area contributed by atoms with Crippen LogP contribution < -0.4 is 26.6 Å². The first-order valence-corrected chi connectivity index (χ1v) is 27.2. The average Bonchev–Trinajstić information content (AvgIpc) is 4.52. The highest BCUT2D eigenvalue weighted by Gasteiger charge is 2.45. The molecule has 0 spiro atoms. The van der Waals surface area contributed by atoms with Crippen LogP contribution in [0.15, 0.2) is 114 Å². The highest BCUT2D eigenvalue weighted by atomic mass is 79.9. The van der Waals surface area contributed by atoms with Gasteiger partial charge in [0.1, 0.15) is 68.2 Å². The minimum absolute atomic E-state index is 0.103. The molecule has 13 rings (SSSR count). The summed E-state index contributed by atoms with van der Waals surface area (Å²) in [4.78, 5) is 66.0. The van der Waals surface area contributed by atoms with Crippen molar-refractivity contribution in [2.75, 3.05) is 52.9 Å². The number of benzene rings is 3. The van der Waals surface area contributed by atoms with Gasteiger partial charge in [-0.2, -0.15) is 15.3 Å². The molecule has 0 bridgehead atoms. The van der Waals surface area contributed by atoms with Crippen molar-refractivity contribution in [2.45, 2.75) is 77.4 Å². The van der Waals surface area contributed by atoms with Gasteiger partial charge in [0, 0.05) is 53.9 Å². The molecular formula is C58H55BrF3N17O4. The van der Waals surface area contributed by atoms with Crippen LogP contribution in [0.2, 0.25) is 0 Å². The lowest BCUT2D eigenvalue weighted by Gasteiger charge is -2.31. The molecule has 4 aliphatic rings. The number of ether oxygens (including phenoxy) is 1. The van der Waals surface area contributed by atoms with E-state index in [-0.39, 0.29) is 47.5 Å². The Kier molecular flexibility index (Phi) is 14.7. The van der Waals surface area contributed by atoms with Crippen LogP contribution in [0.25, 0.3) is 34.6 Å². The molecule has 0 radical (unpaired) electrons. The van der Waals surface area contributed by atoms with Gasteiger partial charge in [-0.3, -0.25) is 28.4 Å². The average molecular weight is 1190 g/mol. The fourth-order valence-electron chi connectivity index (χ4n) is 9.97. The summed E-state index contributed by atoms with van der Waals surface area (Å²) in [5.41, 5.74) is 9.23. The first-order valence-electron chi connectivity index (χ1n) is 26.4. The van der Waals surface area contributed by atoms with Crippen LogP contribution in [0.4, 0.5) is 42.3 Å². The van der Waals surface area contributed by atoms with Gasteiger partial charge in [-0.15, -0.1) is 0 Å². The molecule has 0 atom stereocenters. The van der Waals surface area contributed by atoms with E-state index in [0.717, 1.165) is 16.9 Å².